The number of aliphatic hydroxyl groups is 1. The second-order valence-corrected chi connectivity index (χ2v) is 8.05. The number of ketones is 1. The third-order valence-electron chi connectivity index (χ3n) is 4.57. The highest BCUT2D eigenvalue weighted by molar-refractivity contribution is 7.10. The molecule has 1 aromatic carbocycles. The van der Waals surface area contributed by atoms with Crippen molar-refractivity contribution in [3.05, 3.63) is 56.7 Å². The lowest BCUT2D eigenvalue weighted by Crippen LogP contribution is -2.35. The number of Topliss-reactive ketones (excluding diaryl/α,β-unsaturated/α-hetero) is 1. The van der Waals surface area contributed by atoms with Crippen LogP contribution < -0.4 is 4.74 Å². The van der Waals surface area contributed by atoms with E-state index >= 15 is 0 Å². The molecule has 3 rings (SSSR count). The number of likely N-dealkylation sites (N-methyl/N-ethyl adjacent to an activating group) is 1. The number of amides is 1. The van der Waals surface area contributed by atoms with Gasteiger partial charge in [0, 0.05) is 23.5 Å². The number of halogens is 1. The van der Waals surface area contributed by atoms with Crippen molar-refractivity contribution in [2.75, 3.05) is 34.3 Å². The van der Waals surface area contributed by atoms with E-state index in [-0.39, 0.29) is 11.3 Å². The summed E-state index contributed by atoms with van der Waals surface area (Å²) in [7, 11) is 5.29. The number of likely N-dealkylation sites (tertiary alicyclic amines) is 1. The van der Waals surface area contributed by atoms with E-state index in [0.29, 0.717) is 29.4 Å². The summed E-state index contributed by atoms with van der Waals surface area (Å²) in [6.07, 6.45) is 0. The van der Waals surface area contributed by atoms with Crippen LogP contribution in [0.4, 0.5) is 0 Å². The van der Waals surface area contributed by atoms with E-state index in [1.165, 1.54) is 29.4 Å². The first-order chi connectivity index (χ1) is 13.3. The molecule has 0 spiro atoms. The second kappa shape index (κ2) is 8.34. The fraction of sp³-hybridized carbons (Fsp3) is 0.300. The maximum atomic E-state index is 12.8. The third kappa shape index (κ3) is 3.78. The molecule has 2 aromatic rings. The number of carbonyl (C=O) groups is 2. The standard InChI is InChI=1S/C20H21ClN2O4S/c1-22(2)8-9-23-17(15-5-4-10-28-15)16(19(25)20(23)26)18(24)12-6-7-14(27-3)13(21)11-12/h4-7,10-11,17,24H,8-9H2,1-3H3/t17-/m0/s1. The fourth-order valence-electron chi connectivity index (χ4n) is 3.13. The highest BCUT2D eigenvalue weighted by Crippen LogP contribution is 2.41. The van der Waals surface area contributed by atoms with E-state index in [4.69, 9.17) is 16.3 Å². The number of aliphatic hydroxyl groups excluding tert-OH is 1. The molecule has 0 saturated carbocycles. The second-order valence-electron chi connectivity index (χ2n) is 6.66. The average Bonchev–Trinajstić information content (AvgIpc) is 3.27. The third-order valence-corrected chi connectivity index (χ3v) is 5.79. The van der Waals surface area contributed by atoms with Crippen LogP contribution in [-0.4, -0.2) is 60.9 Å². The fourth-order valence-corrected chi connectivity index (χ4v) is 4.23. The van der Waals surface area contributed by atoms with Gasteiger partial charge in [0.2, 0.25) is 0 Å². The molecule has 0 unspecified atom stereocenters. The number of hydrogen-bond acceptors (Lipinski definition) is 6. The van der Waals surface area contributed by atoms with Gasteiger partial charge in [-0.1, -0.05) is 17.7 Å². The minimum Gasteiger partial charge on any atom is -0.507 e. The minimum atomic E-state index is -0.693. The molecule has 0 bridgehead atoms. The smallest absolute Gasteiger partial charge is 0.295 e. The monoisotopic (exact) mass is 420 g/mol. The predicted molar refractivity (Wildman–Crippen MR) is 110 cm³/mol. The summed E-state index contributed by atoms with van der Waals surface area (Å²) < 4.78 is 5.13. The Hall–Kier alpha value is -2.35. The Labute approximate surface area is 172 Å². The molecule has 1 aliphatic heterocycles. The summed E-state index contributed by atoms with van der Waals surface area (Å²) >= 11 is 7.61. The lowest BCUT2D eigenvalue weighted by Gasteiger charge is -2.25. The van der Waals surface area contributed by atoms with Gasteiger partial charge in [0.05, 0.1) is 23.7 Å². The van der Waals surface area contributed by atoms with E-state index in [2.05, 4.69) is 0 Å². The molecule has 6 nitrogen and oxygen atoms in total. The van der Waals surface area contributed by atoms with Gasteiger partial charge in [-0.25, -0.2) is 0 Å². The Bertz CT molecular complexity index is 924. The highest BCUT2D eigenvalue weighted by Gasteiger charge is 2.46. The van der Waals surface area contributed by atoms with Gasteiger partial charge < -0.3 is 19.6 Å². The summed E-state index contributed by atoms with van der Waals surface area (Å²) in [5.41, 5.74) is 0.436. The largest absolute Gasteiger partial charge is 0.507 e. The molecule has 1 saturated heterocycles. The van der Waals surface area contributed by atoms with Crippen LogP contribution in [0.25, 0.3) is 5.76 Å². The molecule has 1 aliphatic rings. The number of thiophene rings is 1. The molecule has 1 amide bonds. The molecule has 2 heterocycles. The number of nitrogens with zero attached hydrogens (tertiary/aromatic N) is 2. The molecular weight excluding hydrogens is 400 g/mol. The average molecular weight is 421 g/mol. The lowest BCUT2D eigenvalue weighted by atomic mass is 10.00. The van der Waals surface area contributed by atoms with Crippen molar-refractivity contribution in [2.24, 2.45) is 0 Å². The molecule has 1 fully saturated rings. The van der Waals surface area contributed by atoms with Crippen LogP contribution in [0.1, 0.15) is 16.5 Å². The van der Waals surface area contributed by atoms with Crippen molar-refractivity contribution in [3.63, 3.8) is 0 Å². The van der Waals surface area contributed by atoms with Gasteiger partial charge in [0.15, 0.2) is 0 Å². The van der Waals surface area contributed by atoms with Gasteiger partial charge in [0.1, 0.15) is 11.5 Å². The van der Waals surface area contributed by atoms with Crippen LogP contribution in [0.3, 0.4) is 0 Å². The van der Waals surface area contributed by atoms with E-state index < -0.39 is 17.7 Å². The summed E-state index contributed by atoms with van der Waals surface area (Å²) in [4.78, 5) is 29.8. The van der Waals surface area contributed by atoms with Gasteiger partial charge in [-0.05, 0) is 43.7 Å². The van der Waals surface area contributed by atoms with Crippen molar-refractivity contribution >= 4 is 40.4 Å². The molecule has 1 atom stereocenters. The SMILES string of the molecule is COc1ccc(C(O)=C2C(=O)C(=O)N(CCN(C)C)[C@H]2c2cccs2)cc1Cl. The Morgan fingerprint density at radius 3 is 2.64 bits per heavy atom. The summed E-state index contributed by atoms with van der Waals surface area (Å²) in [5.74, 6) is -1.09. The number of methoxy groups -OCH3 is 1. The Balaban J connectivity index is 2.10. The van der Waals surface area contributed by atoms with E-state index in [0.717, 1.165) is 4.88 Å². The zero-order valence-electron chi connectivity index (χ0n) is 15.8. The topological polar surface area (TPSA) is 70.1 Å². The molecule has 0 radical (unpaired) electrons. The summed E-state index contributed by atoms with van der Waals surface area (Å²) in [6.45, 7) is 0.976. The van der Waals surface area contributed by atoms with Crippen LogP contribution in [-0.2, 0) is 9.59 Å². The van der Waals surface area contributed by atoms with Crippen molar-refractivity contribution in [1.82, 2.24) is 9.80 Å². The van der Waals surface area contributed by atoms with Crippen LogP contribution in [0.2, 0.25) is 5.02 Å². The van der Waals surface area contributed by atoms with Crippen molar-refractivity contribution < 1.29 is 19.4 Å². The zero-order chi connectivity index (χ0) is 20.4. The first-order valence-corrected chi connectivity index (χ1v) is 9.91. The Morgan fingerprint density at radius 1 is 1.32 bits per heavy atom. The molecule has 28 heavy (non-hydrogen) atoms. The zero-order valence-corrected chi connectivity index (χ0v) is 17.4. The first kappa shape index (κ1) is 20.4. The number of hydrogen-bond donors (Lipinski definition) is 1. The lowest BCUT2D eigenvalue weighted by molar-refractivity contribution is -0.140. The molecule has 1 N–H and O–H groups in total. The van der Waals surface area contributed by atoms with Crippen LogP contribution >= 0.6 is 22.9 Å². The number of ether oxygens (including phenoxy) is 1. The number of rotatable bonds is 6. The van der Waals surface area contributed by atoms with Crippen molar-refractivity contribution in [1.29, 1.82) is 0 Å². The van der Waals surface area contributed by atoms with Gasteiger partial charge in [-0.15, -0.1) is 11.3 Å². The van der Waals surface area contributed by atoms with E-state index in [9.17, 15) is 14.7 Å². The van der Waals surface area contributed by atoms with Gasteiger partial charge in [-0.2, -0.15) is 0 Å². The quantitative estimate of drug-likeness (QED) is 0.440. The maximum Gasteiger partial charge on any atom is 0.295 e. The van der Waals surface area contributed by atoms with Gasteiger partial charge >= 0.3 is 0 Å². The Kier molecular flexibility index (Phi) is 6.07. The maximum absolute atomic E-state index is 12.8. The van der Waals surface area contributed by atoms with Crippen LogP contribution in [0, 0.1) is 0 Å². The van der Waals surface area contributed by atoms with Gasteiger partial charge in [0.25, 0.3) is 11.7 Å². The highest BCUT2D eigenvalue weighted by atomic mass is 35.5. The van der Waals surface area contributed by atoms with Crippen molar-refractivity contribution in [3.8, 4) is 5.75 Å². The van der Waals surface area contributed by atoms with E-state index in [1.54, 1.807) is 12.1 Å². The molecular formula is C20H21ClN2O4S. The summed E-state index contributed by atoms with van der Waals surface area (Å²) in [5, 5.41) is 13.1. The van der Waals surface area contributed by atoms with Gasteiger partial charge in [-0.3, -0.25) is 9.59 Å². The molecule has 0 aliphatic carbocycles. The summed E-state index contributed by atoms with van der Waals surface area (Å²) in [6, 6.07) is 7.84. The molecule has 8 heteroatoms. The Morgan fingerprint density at radius 2 is 2.07 bits per heavy atom. The number of carbonyl (C=O) groups excluding carboxylic acids is 2. The van der Waals surface area contributed by atoms with Crippen LogP contribution in [0.5, 0.6) is 5.75 Å². The predicted octanol–water partition coefficient (Wildman–Crippen LogP) is 3.39. The molecule has 148 valence electrons. The van der Waals surface area contributed by atoms with E-state index in [1.807, 2.05) is 36.5 Å². The van der Waals surface area contributed by atoms with Crippen LogP contribution in [0.15, 0.2) is 41.3 Å². The van der Waals surface area contributed by atoms with Crippen molar-refractivity contribution in [2.45, 2.75) is 6.04 Å². The first-order valence-electron chi connectivity index (χ1n) is 8.65. The molecule has 1 aromatic heterocycles. The number of benzene rings is 1. The minimum absolute atomic E-state index is 0.0763. The normalized spacial score (nSPS) is 18.9.